The fourth-order valence-electron chi connectivity index (χ4n) is 3.14. The van der Waals surface area contributed by atoms with Crippen molar-refractivity contribution < 1.29 is 9.90 Å². The van der Waals surface area contributed by atoms with E-state index >= 15 is 0 Å². The largest absolute Gasteiger partial charge is 0.393 e. The molecule has 0 bridgehead atoms. The van der Waals surface area contributed by atoms with E-state index in [1.165, 1.54) is 5.56 Å². The van der Waals surface area contributed by atoms with Gasteiger partial charge in [0.25, 0.3) is 0 Å². The van der Waals surface area contributed by atoms with Crippen LogP contribution in [-0.2, 0) is 16.6 Å². The first-order chi connectivity index (χ1) is 9.95. The Bertz CT molecular complexity index is 498. The van der Waals surface area contributed by atoms with Crippen LogP contribution in [0, 0.1) is 5.92 Å². The molecule has 3 heteroatoms. The van der Waals surface area contributed by atoms with Gasteiger partial charge in [-0.1, -0.05) is 38.1 Å². The molecule has 0 aliphatic heterocycles. The third kappa shape index (κ3) is 3.46. The highest BCUT2D eigenvalue weighted by atomic mass is 16.3. The van der Waals surface area contributed by atoms with Crippen molar-refractivity contribution in [2.45, 2.75) is 58.0 Å². The molecule has 0 saturated heterocycles. The summed E-state index contributed by atoms with van der Waals surface area (Å²) in [6.45, 7) is 6.56. The number of nitrogens with one attached hydrogen (secondary N) is 1. The molecule has 0 saturated carbocycles. The van der Waals surface area contributed by atoms with Gasteiger partial charge < -0.3 is 10.4 Å². The summed E-state index contributed by atoms with van der Waals surface area (Å²) in [6, 6.07) is 8.26. The molecule has 1 aliphatic carbocycles. The normalized spacial score (nSPS) is 22.7. The number of amides is 1. The van der Waals surface area contributed by atoms with Crippen LogP contribution in [-0.4, -0.2) is 23.7 Å². The predicted octanol–water partition coefficient (Wildman–Crippen LogP) is 2.80. The Labute approximate surface area is 127 Å². The molecule has 21 heavy (non-hydrogen) atoms. The SMILES string of the molecule is CC(C)C(O)CCNC(=O)C1(C)CCCc2ccccc21. The van der Waals surface area contributed by atoms with E-state index in [1.807, 2.05) is 32.9 Å². The topological polar surface area (TPSA) is 49.3 Å². The summed E-state index contributed by atoms with van der Waals surface area (Å²) in [5.41, 5.74) is 2.03. The molecule has 0 spiro atoms. The van der Waals surface area contributed by atoms with Crippen LogP contribution in [0.4, 0.5) is 0 Å². The Morgan fingerprint density at radius 2 is 2.10 bits per heavy atom. The Hall–Kier alpha value is -1.35. The van der Waals surface area contributed by atoms with Gasteiger partial charge in [-0.2, -0.15) is 0 Å². The van der Waals surface area contributed by atoms with E-state index in [0.717, 1.165) is 24.8 Å². The molecule has 1 aromatic rings. The van der Waals surface area contributed by atoms with Crippen LogP contribution in [0.1, 0.15) is 51.2 Å². The fraction of sp³-hybridized carbons (Fsp3) is 0.611. The van der Waals surface area contributed by atoms with Crippen molar-refractivity contribution >= 4 is 5.91 Å². The molecule has 0 aromatic heterocycles. The van der Waals surface area contributed by atoms with E-state index in [1.54, 1.807) is 0 Å². The number of hydrogen-bond acceptors (Lipinski definition) is 2. The summed E-state index contributed by atoms with van der Waals surface area (Å²) in [4.78, 5) is 12.6. The van der Waals surface area contributed by atoms with Gasteiger partial charge in [-0.3, -0.25) is 4.79 Å². The number of fused-ring (bicyclic) bond motifs is 1. The number of hydrogen-bond donors (Lipinski definition) is 2. The number of carbonyl (C=O) groups excluding carboxylic acids is 1. The van der Waals surface area contributed by atoms with Crippen LogP contribution in [0.25, 0.3) is 0 Å². The zero-order chi connectivity index (χ0) is 15.5. The van der Waals surface area contributed by atoms with Crippen molar-refractivity contribution in [1.82, 2.24) is 5.32 Å². The summed E-state index contributed by atoms with van der Waals surface area (Å²) in [5, 5.41) is 12.8. The third-order valence-corrected chi connectivity index (χ3v) is 4.73. The van der Waals surface area contributed by atoms with Crippen LogP contribution in [0.15, 0.2) is 24.3 Å². The highest BCUT2D eigenvalue weighted by molar-refractivity contribution is 5.88. The first-order valence-electron chi connectivity index (χ1n) is 8.00. The first-order valence-corrected chi connectivity index (χ1v) is 8.00. The molecule has 1 amide bonds. The lowest BCUT2D eigenvalue weighted by atomic mass is 9.70. The highest BCUT2D eigenvalue weighted by Crippen LogP contribution is 2.37. The molecule has 1 aliphatic rings. The number of aliphatic hydroxyl groups is 1. The molecule has 0 radical (unpaired) electrons. The molecule has 0 heterocycles. The highest BCUT2D eigenvalue weighted by Gasteiger charge is 2.38. The van der Waals surface area contributed by atoms with E-state index in [9.17, 15) is 9.90 Å². The minimum absolute atomic E-state index is 0.0885. The lowest BCUT2D eigenvalue weighted by Crippen LogP contribution is -2.45. The van der Waals surface area contributed by atoms with Crippen molar-refractivity contribution in [1.29, 1.82) is 0 Å². The van der Waals surface area contributed by atoms with Crippen LogP contribution in [0.5, 0.6) is 0 Å². The van der Waals surface area contributed by atoms with Crippen LogP contribution >= 0.6 is 0 Å². The molecule has 2 unspecified atom stereocenters. The minimum Gasteiger partial charge on any atom is -0.393 e. The van der Waals surface area contributed by atoms with Crippen molar-refractivity contribution in [2.24, 2.45) is 5.92 Å². The van der Waals surface area contributed by atoms with Crippen molar-refractivity contribution in [3.8, 4) is 0 Å². The standard InChI is InChI=1S/C18H27NO2/c1-13(2)16(20)10-12-19-17(21)18(3)11-6-8-14-7-4-5-9-15(14)18/h4-5,7,9,13,16,20H,6,8,10-12H2,1-3H3,(H,19,21). The average molecular weight is 289 g/mol. The molecule has 1 aromatic carbocycles. The number of aryl methyl sites for hydroxylation is 1. The monoisotopic (exact) mass is 289 g/mol. The Kier molecular flexibility index (Phi) is 5.04. The van der Waals surface area contributed by atoms with E-state index in [4.69, 9.17) is 0 Å². The maximum atomic E-state index is 12.6. The summed E-state index contributed by atoms with van der Waals surface area (Å²) in [5.74, 6) is 0.318. The molecular formula is C18H27NO2. The zero-order valence-corrected chi connectivity index (χ0v) is 13.4. The molecule has 116 valence electrons. The predicted molar refractivity (Wildman–Crippen MR) is 85.2 cm³/mol. The number of aliphatic hydroxyl groups excluding tert-OH is 1. The van der Waals surface area contributed by atoms with Gasteiger partial charge in [0.1, 0.15) is 0 Å². The van der Waals surface area contributed by atoms with E-state index in [2.05, 4.69) is 17.4 Å². The average Bonchev–Trinajstić information content (AvgIpc) is 2.47. The second-order valence-electron chi connectivity index (χ2n) is 6.70. The zero-order valence-electron chi connectivity index (χ0n) is 13.4. The Morgan fingerprint density at radius 1 is 1.38 bits per heavy atom. The second kappa shape index (κ2) is 6.61. The van der Waals surface area contributed by atoms with Gasteiger partial charge >= 0.3 is 0 Å². The maximum Gasteiger partial charge on any atom is 0.230 e. The maximum absolute atomic E-state index is 12.6. The van der Waals surface area contributed by atoms with E-state index in [-0.39, 0.29) is 17.9 Å². The van der Waals surface area contributed by atoms with Crippen LogP contribution < -0.4 is 5.32 Å². The van der Waals surface area contributed by atoms with Gasteiger partial charge in [0.15, 0.2) is 0 Å². The fourth-order valence-corrected chi connectivity index (χ4v) is 3.14. The molecule has 0 fully saturated rings. The van der Waals surface area contributed by atoms with E-state index in [0.29, 0.717) is 13.0 Å². The van der Waals surface area contributed by atoms with Gasteiger partial charge in [0.2, 0.25) is 5.91 Å². The van der Waals surface area contributed by atoms with Crippen molar-refractivity contribution in [3.63, 3.8) is 0 Å². The van der Waals surface area contributed by atoms with Crippen molar-refractivity contribution in [2.75, 3.05) is 6.54 Å². The van der Waals surface area contributed by atoms with Gasteiger partial charge in [-0.05, 0) is 49.7 Å². The van der Waals surface area contributed by atoms with Crippen molar-refractivity contribution in [3.05, 3.63) is 35.4 Å². The van der Waals surface area contributed by atoms with Gasteiger partial charge in [-0.15, -0.1) is 0 Å². The first kappa shape index (κ1) is 16.0. The molecule has 2 rings (SSSR count). The Balaban J connectivity index is 2.02. The number of benzene rings is 1. The summed E-state index contributed by atoms with van der Waals surface area (Å²) >= 11 is 0. The minimum atomic E-state index is -0.433. The van der Waals surface area contributed by atoms with Crippen LogP contribution in [0.3, 0.4) is 0 Å². The molecule has 3 nitrogen and oxygen atoms in total. The van der Waals surface area contributed by atoms with Gasteiger partial charge in [-0.25, -0.2) is 0 Å². The number of carbonyl (C=O) groups is 1. The van der Waals surface area contributed by atoms with Crippen LogP contribution in [0.2, 0.25) is 0 Å². The lowest BCUT2D eigenvalue weighted by Gasteiger charge is -2.34. The van der Waals surface area contributed by atoms with Gasteiger partial charge in [0, 0.05) is 6.54 Å². The Morgan fingerprint density at radius 3 is 2.81 bits per heavy atom. The summed E-state index contributed by atoms with van der Waals surface area (Å²) < 4.78 is 0. The smallest absolute Gasteiger partial charge is 0.230 e. The molecule has 2 N–H and O–H groups in total. The second-order valence-corrected chi connectivity index (χ2v) is 6.70. The van der Waals surface area contributed by atoms with Gasteiger partial charge in [0.05, 0.1) is 11.5 Å². The molecule has 2 atom stereocenters. The third-order valence-electron chi connectivity index (χ3n) is 4.73. The molecular weight excluding hydrogens is 262 g/mol. The quantitative estimate of drug-likeness (QED) is 0.875. The summed E-state index contributed by atoms with van der Waals surface area (Å²) in [6.07, 6.45) is 3.27. The summed E-state index contributed by atoms with van der Waals surface area (Å²) in [7, 11) is 0. The number of rotatable bonds is 5. The lowest BCUT2D eigenvalue weighted by molar-refractivity contribution is -0.126. The van der Waals surface area contributed by atoms with E-state index < -0.39 is 5.41 Å².